The molecular weight excluding hydrogens is 260 g/mol. The zero-order valence-corrected chi connectivity index (χ0v) is 14.4. The first-order valence-corrected chi connectivity index (χ1v) is 9.42. The number of ether oxygens (including phenoxy) is 1. The number of esters is 1. The van der Waals surface area contributed by atoms with Crippen LogP contribution in [-0.2, 0) is 9.53 Å². The zero-order valence-electron chi connectivity index (χ0n) is 14.4. The molecule has 0 radical (unpaired) electrons. The lowest BCUT2D eigenvalue weighted by Gasteiger charge is -2.26. The largest absolute Gasteiger partial charge is 0.465 e. The van der Waals surface area contributed by atoms with Gasteiger partial charge in [0.25, 0.3) is 0 Å². The van der Waals surface area contributed by atoms with Crippen LogP contribution in [0.25, 0.3) is 0 Å². The fraction of sp³-hybridized carbons (Fsp3) is 0.947. The van der Waals surface area contributed by atoms with Gasteiger partial charge in [0, 0.05) is 0 Å². The van der Waals surface area contributed by atoms with Gasteiger partial charge < -0.3 is 4.74 Å². The van der Waals surface area contributed by atoms with Gasteiger partial charge in [-0.15, -0.1) is 0 Å². The van der Waals surface area contributed by atoms with Crippen LogP contribution in [0.15, 0.2) is 0 Å². The predicted molar refractivity (Wildman–Crippen MR) is 89.3 cm³/mol. The molecule has 1 rings (SSSR count). The van der Waals surface area contributed by atoms with Crippen LogP contribution in [-0.4, -0.2) is 12.6 Å². The van der Waals surface area contributed by atoms with Crippen molar-refractivity contribution >= 4 is 5.97 Å². The lowest BCUT2D eigenvalue weighted by atomic mass is 9.81. The molecule has 1 aliphatic carbocycles. The second kappa shape index (κ2) is 12.1. The third-order valence-electron chi connectivity index (χ3n) is 4.97. The average molecular weight is 296 g/mol. The Labute approximate surface area is 132 Å². The number of carbonyl (C=O) groups is 1. The first-order valence-electron chi connectivity index (χ1n) is 9.42. The van der Waals surface area contributed by atoms with E-state index in [1.54, 1.807) is 0 Å². The Morgan fingerprint density at radius 2 is 1.52 bits per heavy atom. The normalized spacial score (nSPS) is 17.6. The number of hydrogen-bond donors (Lipinski definition) is 0. The maximum atomic E-state index is 12.0. The van der Waals surface area contributed by atoms with E-state index in [-0.39, 0.29) is 11.9 Å². The van der Waals surface area contributed by atoms with Gasteiger partial charge in [-0.25, -0.2) is 0 Å². The van der Waals surface area contributed by atoms with Crippen LogP contribution in [0.1, 0.15) is 97.3 Å². The Kier molecular flexibility index (Phi) is 10.6. The number of rotatable bonds is 11. The van der Waals surface area contributed by atoms with Crippen molar-refractivity contribution in [1.82, 2.24) is 0 Å². The smallest absolute Gasteiger partial charge is 0.308 e. The molecule has 0 N–H and O–H groups in total. The molecule has 1 saturated carbocycles. The van der Waals surface area contributed by atoms with Crippen molar-refractivity contribution in [3.63, 3.8) is 0 Å². The Balaban J connectivity index is 1.95. The summed E-state index contributed by atoms with van der Waals surface area (Å²) in [4.78, 5) is 12.0. The highest BCUT2D eigenvalue weighted by Gasteiger charge is 2.26. The topological polar surface area (TPSA) is 26.3 Å². The van der Waals surface area contributed by atoms with Gasteiger partial charge in [0.05, 0.1) is 12.5 Å². The number of unbranched alkanes of at least 4 members (excludes halogenated alkanes) is 7. The molecule has 124 valence electrons. The summed E-state index contributed by atoms with van der Waals surface area (Å²) in [6.45, 7) is 4.94. The van der Waals surface area contributed by atoms with Crippen molar-refractivity contribution in [3.05, 3.63) is 0 Å². The maximum Gasteiger partial charge on any atom is 0.308 e. The molecule has 0 aliphatic heterocycles. The van der Waals surface area contributed by atoms with Gasteiger partial charge >= 0.3 is 5.97 Å². The monoisotopic (exact) mass is 296 g/mol. The van der Waals surface area contributed by atoms with Crippen LogP contribution in [0.5, 0.6) is 0 Å². The van der Waals surface area contributed by atoms with Gasteiger partial charge in [-0.05, 0) is 25.2 Å². The van der Waals surface area contributed by atoms with E-state index < -0.39 is 0 Å². The van der Waals surface area contributed by atoms with Gasteiger partial charge in [0.1, 0.15) is 0 Å². The predicted octanol–water partition coefficient (Wildman–Crippen LogP) is 5.89. The van der Waals surface area contributed by atoms with Crippen molar-refractivity contribution in [3.8, 4) is 0 Å². The molecule has 0 amide bonds. The standard InChI is InChI=1S/C19H36O2/c1-3-4-5-6-7-8-9-13-16-21-19(20)17(2)18-14-11-10-12-15-18/h17-18H,3-16H2,1-2H3. The molecule has 1 atom stereocenters. The van der Waals surface area contributed by atoms with E-state index in [0.29, 0.717) is 12.5 Å². The average Bonchev–Trinajstić information content (AvgIpc) is 2.53. The van der Waals surface area contributed by atoms with E-state index in [2.05, 4.69) is 13.8 Å². The van der Waals surface area contributed by atoms with Crippen molar-refractivity contribution in [2.45, 2.75) is 97.3 Å². The molecule has 0 aromatic carbocycles. The minimum absolute atomic E-state index is 0.0462. The van der Waals surface area contributed by atoms with Crippen LogP contribution in [0.4, 0.5) is 0 Å². The first-order chi connectivity index (χ1) is 10.3. The molecule has 0 heterocycles. The maximum absolute atomic E-state index is 12.0. The molecule has 0 aromatic rings. The molecule has 2 heteroatoms. The van der Waals surface area contributed by atoms with E-state index in [1.165, 1.54) is 77.0 Å². The minimum atomic E-state index is 0.0462. The fourth-order valence-corrected chi connectivity index (χ4v) is 3.37. The fourth-order valence-electron chi connectivity index (χ4n) is 3.37. The second-order valence-corrected chi connectivity index (χ2v) is 6.83. The molecule has 0 bridgehead atoms. The van der Waals surface area contributed by atoms with Gasteiger partial charge in [-0.3, -0.25) is 4.79 Å². The SMILES string of the molecule is CCCCCCCCCCOC(=O)C(C)C1CCCCC1. The summed E-state index contributed by atoms with van der Waals surface area (Å²) in [5.41, 5.74) is 0. The molecule has 0 spiro atoms. The summed E-state index contributed by atoms with van der Waals surface area (Å²) in [7, 11) is 0. The van der Waals surface area contributed by atoms with Crippen LogP contribution in [0.2, 0.25) is 0 Å². The van der Waals surface area contributed by atoms with E-state index in [9.17, 15) is 4.79 Å². The Hall–Kier alpha value is -0.530. The highest BCUT2D eigenvalue weighted by Crippen LogP contribution is 2.30. The van der Waals surface area contributed by atoms with Crippen LogP contribution < -0.4 is 0 Å². The molecule has 1 fully saturated rings. The quantitative estimate of drug-likeness (QED) is 0.351. The van der Waals surface area contributed by atoms with Crippen molar-refractivity contribution in [1.29, 1.82) is 0 Å². The summed E-state index contributed by atoms with van der Waals surface area (Å²) < 4.78 is 5.46. The lowest BCUT2D eigenvalue weighted by Crippen LogP contribution is -2.25. The van der Waals surface area contributed by atoms with E-state index in [0.717, 1.165) is 6.42 Å². The molecule has 2 nitrogen and oxygen atoms in total. The highest BCUT2D eigenvalue weighted by atomic mass is 16.5. The van der Waals surface area contributed by atoms with Gasteiger partial charge in [-0.2, -0.15) is 0 Å². The third-order valence-corrected chi connectivity index (χ3v) is 4.97. The second-order valence-electron chi connectivity index (χ2n) is 6.83. The lowest BCUT2D eigenvalue weighted by molar-refractivity contribution is -0.150. The Morgan fingerprint density at radius 3 is 2.14 bits per heavy atom. The molecule has 1 unspecified atom stereocenters. The van der Waals surface area contributed by atoms with Crippen LogP contribution in [0, 0.1) is 11.8 Å². The number of carbonyl (C=O) groups excluding carboxylic acids is 1. The number of hydrogen-bond acceptors (Lipinski definition) is 2. The summed E-state index contributed by atoms with van der Waals surface area (Å²) >= 11 is 0. The molecule has 0 aromatic heterocycles. The first kappa shape index (κ1) is 18.5. The van der Waals surface area contributed by atoms with Crippen LogP contribution >= 0.6 is 0 Å². The van der Waals surface area contributed by atoms with Crippen molar-refractivity contribution in [2.24, 2.45) is 11.8 Å². The molecular formula is C19H36O2. The van der Waals surface area contributed by atoms with Crippen molar-refractivity contribution in [2.75, 3.05) is 6.61 Å². The molecule has 0 saturated heterocycles. The van der Waals surface area contributed by atoms with Gasteiger partial charge in [0.15, 0.2) is 0 Å². The third kappa shape index (κ3) is 8.48. The Bertz CT molecular complexity index is 256. The molecule has 1 aliphatic rings. The Morgan fingerprint density at radius 1 is 0.952 bits per heavy atom. The zero-order chi connectivity index (χ0) is 15.3. The summed E-state index contributed by atoms with van der Waals surface area (Å²) in [5, 5.41) is 0. The minimum Gasteiger partial charge on any atom is -0.465 e. The molecule has 21 heavy (non-hydrogen) atoms. The highest BCUT2D eigenvalue weighted by molar-refractivity contribution is 5.72. The van der Waals surface area contributed by atoms with Gasteiger partial charge in [-0.1, -0.05) is 78.1 Å². The summed E-state index contributed by atoms with van der Waals surface area (Å²) in [5.74, 6) is 0.731. The van der Waals surface area contributed by atoms with Crippen LogP contribution in [0.3, 0.4) is 0 Å². The summed E-state index contributed by atoms with van der Waals surface area (Å²) in [6, 6.07) is 0. The van der Waals surface area contributed by atoms with E-state index in [1.807, 2.05) is 0 Å². The van der Waals surface area contributed by atoms with E-state index >= 15 is 0 Å². The van der Waals surface area contributed by atoms with E-state index in [4.69, 9.17) is 4.74 Å². The van der Waals surface area contributed by atoms with Gasteiger partial charge in [0.2, 0.25) is 0 Å². The summed E-state index contributed by atoms with van der Waals surface area (Å²) in [6.07, 6.45) is 16.7. The van der Waals surface area contributed by atoms with Crippen molar-refractivity contribution < 1.29 is 9.53 Å².